The lowest BCUT2D eigenvalue weighted by atomic mass is 10.1. The first kappa shape index (κ1) is 16.8. The third kappa shape index (κ3) is 4.98. The Balaban J connectivity index is 2.67. The minimum atomic E-state index is -1.02. The van der Waals surface area contributed by atoms with Gasteiger partial charge < -0.3 is 20.1 Å². The normalized spacial score (nSPS) is 11.6. The van der Waals surface area contributed by atoms with Crippen LogP contribution in [0.4, 0.5) is 4.79 Å². The maximum atomic E-state index is 12.0. The van der Waals surface area contributed by atoms with Gasteiger partial charge in [-0.1, -0.05) is 31.5 Å². The zero-order chi connectivity index (χ0) is 15.8. The number of carbonyl (C=O) groups is 2. The number of carboxylic acids is 1. The summed E-state index contributed by atoms with van der Waals surface area (Å²) in [5.41, 5.74) is 0.861. The van der Waals surface area contributed by atoms with Crippen molar-refractivity contribution in [3.05, 3.63) is 29.8 Å². The van der Waals surface area contributed by atoms with Gasteiger partial charge in [-0.2, -0.15) is 0 Å². The number of nitrogens with one attached hydrogen (secondary N) is 1. The molecule has 0 saturated heterocycles. The highest BCUT2D eigenvalue weighted by molar-refractivity contribution is 5.82. The Hall–Kier alpha value is -2.24. The average molecular weight is 294 g/mol. The number of amides is 2. The molecule has 1 aromatic carbocycles. The molecule has 1 atom stereocenters. The maximum Gasteiger partial charge on any atom is 0.326 e. The van der Waals surface area contributed by atoms with Crippen LogP contribution in [0.1, 0.15) is 25.3 Å². The quantitative estimate of drug-likeness (QED) is 0.807. The van der Waals surface area contributed by atoms with Crippen LogP contribution in [0.5, 0.6) is 5.75 Å². The molecule has 116 valence electrons. The van der Waals surface area contributed by atoms with E-state index in [1.165, 1.54) is 4.90 Å². The lowest BCUT2D eigenvalue weighted by molar-refractivity contribution is -0.139. The number of carboxylic acid groups (broad SMARTS) is 1. The van der Waals surface area contributed by atoms with E-state index in [0.29, 0.717) is 25.1 Å². The van der Waals surface area contributed by atoms with Crippen molar-refractivity contribution in [3.8, 4) is 5.75 Å². The maximum absolute atomic E-state index is 12.0. The highest BCUT2D eigenvalue weighted by Crippen LogP contribution is 2.18. The van der Waals surface area contributed by atoms with Gasteiger partial charge in [-0.15, -0.1) is 0 Å². The largest absolute Gasteiger partial charge is 0.496 e. The summed E-state index contributed by atoms with van der Waals surface area (Å²) in [5, 5.41) is 11.6. The Kier molecular flexibility index (Phi) is 6.52. The number of nitrogens with zero attached hydrogens (tertiary/aromatic N) is 1. The van der Waals surface area contributed by atoms with Gasteiger partial charge in [0.1, 0.15) is 11.8 Å². The van der Waals surface area contributed by atoms with E-state index < -0.39 is 18.0 Å². The molecule has 6 nitrogen and oxygen atoms in total. The Morgan fingerprint density at radius 2 is 2.05 bits per heavy atom. The molecular weight excluding hydrogens is 272 g/mol. The van der Waals surface area contributed by atoms with Crippen LogP contribution in [0.3, 0.4) is 0 Å². The van der Waals surface area contributed by atoms with Gasteiger partial charge in [0.25, 0.3) is 0 Å². The van der Waals surface area contributed by atoms with Crippen LogP contribution >= 0.6 is 0 Å². The molecule has 0 aliphatic carbocycles. The van der Waals surface area contributed by atoms with Gasteiger partial charge in [-0.3, -0.25) is 0 Å². The minimum Gasteiger partial charge on any atom is -0.496 e. The van der Waals surface area contributed by atoms with E-state index in [0.717, 1.165) is 5.56 Å². The Labute approximate surface area is 124 Å². The summed E-state index contributed by atoms with van der Waals surface area (Å²) in [7, 11) is 3.19. The van der Waals surface area contributed by atoms with Gasteiger partial charge in [0, 0.05) is 12.6 Å². The molecule has 0 radical (unpaired) electrons. The predicted octanol–water partition coefficient (Wildman–Crippen LogP) is 2.09. The predicted molar refractivity (Wildman–Crippen MR) is 79.3 cm³/mol. The molecule has 0 aliphatic heterocycles. The fourth-order valence-electron chi connectivity index (χ4n) is 1.97. The van der Waals surface area contributed by atoms with Gasteiger partial charge in [0.05, 0.1) is 13.7 Å². The third-order valence-corrected chi connectivity index (χ3v) is 3.12. The summed E-state index contributed by atoms with van der Waals surface area (Å²) < 4.78 is 5.23. The summed E-state index contributed by atoms with van der Waals surface area (Å²) in [6.07, 6.45) is 1.09. The Bertz CT molecular complexity index is 490. The number of carbonyl (C=O) groups excluding carboxylic acids is 1. The Morgan fingerprint density at radius 1 is 1.38 bits per heavy atom. The van der Waals surface area contributed by atoms with Crippen molar-refractivity contribution in [1.82, 2.24) is 10.2 Å². The van der Waals surface area contributed by atoms with Crippen LogP contribution in [0.2, 0.25) is 0 Å². The minimum absolute atomic E-state index is 0.342. The topological polar surface area (TPSA) is 78.9 Å². The fourth-order valence-corrected chi connectivity index (χ4v) is 1.97. The molecule has 2 N–H and O–H groups in total. The van der Waals surface area contributed by atoms with Crippen molar-refractivity contribution in [2.45, 2.75) is 32.4 Å². The van der Waals surface area contributed by atoms with Crippen molar-refractivity contribution in [2.24, 2.45) is 0 Å². The molecule has 2 amide bonds. The number of hydrogen-bond acceptors (Lipinski definition) is 3. The first-order valence-electron chi connectivity index (χ1n) is 6.85. The summed E-state index contributed by atoms with van der Waals surface area (Å²) in [5.74, 6) is -0.323. The first-order valence-corrected chi connectivity index (χ1v) is 6.85. The number of ether oxygens (including phenoxy) is 1. The summed E-state index contributed by atoms with van der Waals surface area (Å²) in [6, 6.07) is 6.12. The number of para-hydroxylation sites is 1. The van der Waals surface area contributed by atoms with Crippen LogP contribution in [0, 0.1) is 0 Å². The van der Waals surface area contributed by atoms with Gasteiger partial charge in [-0.25, -0.2) is 9.59 Å². The summed E-state index contributed by atoms with van der Waals surface area (Å²) >= 11 is 0. The van der Waals surface area contributed by atoms with Gasteiger partial charge >= 0.3 is 12.0 Å². The number of urea groups is 1. The van der Waals surface area contributed by atoms with Gasteiger partial charge in [-0.05, 0) is 12.5 Å². The van der Waals surface area contributed by atoms with Crippen molar-refractivity contribution < 1.29 is 19.4 Å². The van der Waals surface area contributed by atoms with Crippen LogP contribution in [0.25, 0.3) is 0 Å². The zero-order valence-electron chi connectivity index (χ0n) is 12.6. The highest BCUT2D eigenvalue weighted by atomic mass is 16.5. The SMILES string of the molecule is CCC[C@@H](NC(=O)N(C)Cc1ccccc1OC)C(=O)O. The van der Waals surface area contributed by atoms with E-state index in [1.54, 1.807) is 14.2 Å². The van der Waals surface area contributed by atoms with E-state index in [1.807, 2.05) is 31.2 Å². The molecule has 0 bridgehead atoms. The van der Waals surface area contributed by atoms with E-state index in [4.69, 9.17) is 9.84 Å². The molecule has 0 aliphatic rings. The van der Waals surface area contributed by atoms with Crippen molar-refractivity contribution in [2.75, 3.05) is 14.2 Å². The van der Waals surface area contributed by atoms with Crippen molar-refractivity contribution in [1.29, 1.82) is 0 Å². The number of aliphatic carboxylic acids is 1. The molecule has 1 aromatic rings. The van der Waals surface area contributed by atoms with E-state index in [2.05, 4.69) is 5.32 Å². The molecule has 0 heterocycles. The molecule has 1 rings (SSSR count). The summed E-state index contributed by atoms with van der Waals surface area (Å²) in [4.78, 5) is 24.5. The molecule has 0 saturated carbocycles. The van der Waals surface area contributed by atoms with E-state index >= 15 is 0 Å². The number of methoxy groups -OCH3 is 1. The molecular formula is C15H22N2O4. The first-order chi connectivity index (χ1) is 9.99. The molecule has 21 heavy (non-hydrogen) atoms. The molecule has 0 fully saturated rings. The van der Waals surface area contributed by atoms with E-state index in [9.17, 15) is 9.59 Å². The zero-order valence-corrected chi connectivity index (χ0v) is 12.6. The standard InChI is InChI=1S/C15H22N2O4/c1-4-7-12(14(18)19)16-15(20)17(2)10-11-8-5-6-9-13(11)21-3/h5-6,8-9,12H,4,7,10H2,1-3H3,(H,16,20)(H,18,19)/t12-/m1/s1. The van der Waals surface area contributed by atoms with Gasteiger partial charge in [0.2, 0.25) is 0 Å². The average Bonchev–Trinajstić information content (AvgIpc) is 2.47. The molecule has 6 heteroatoms. The van der Waals surface area contributed by atoms with Crippen molar-refractivity contribution >= 4 is 12.0 Å². The number of hydrogen-bond donors (Lipinski definition) is 2. The number of rotatable bonds is 7. The third-order valence-electron chi connectivity index (χ3n) is 3.12. The molecule has 0 spiro atoms. The lowest BCUT2D eigenvalue weighted by Crippen LogP contribution is -2.46. The monoisotopic (exact) mass is 294 g/mol. The lowest BCUT2D eigenvalue weighted by Gasteiger charge is -2.22. The van der Waals surface area contributed by atoms with Crippen LogP contribution in [0.15, 0.2) is 24.3 Å². The van der Waals surface area contributed by atoms with Crippen LogP contribution in [-0.4, -0.2) is 42.2 Å². The van der Waals surface area contributed by atoms with Crippen LogP contribution in [-0.2, 0) is 11.3 Å². The molecule has 0 unspecified atom stereocenters. The Morgan fingerprint density at radius 3 is 2.62 bits per heavy atom. The summed E-state index contributed by atoms with van der Waals surface area (Å²) in [6.45, 7) is 2.22. The smallest absolute Gasteiger partial charge is 0.326 e. The second-order valence-corrected chi connectivity index (χ2v) is 4.80. The van der Waals surface area contributed by atoms with Gasteiger partial charge in [0.15, 0.2) is 0 Å². The highest BCUT2D eigenvalue weighted by Gasteiger charge is 2.21. The van der Waals surface area contributed by atoms with Crippen LogP contribution < -0.4 is 10.1 Å². The molecule has 0 aromatic heterocycles. The number of benzene rings is 1. The second-order valence-electron chi connectivity index (χ2n) is 4.80. The second kappa shape index (κ2) is 8.14. The fraction of sp³-hybridized carbons (Fsp3) is 0.467. The van der Waals surface area contributed by atoms with E-state index in [-0.39, 0.29) is 0 Å². The van der Waals surface area contributed by atoms with Crippen molar-refractivity contribution in [3.63, 3.8) is 0 Å².